The van der Waals surface area contributed by atoms with Gasteiger partial charge in [-0.15, -0.1) is 0 Å². The molecule has 2 aromatic carbocycles. The molecular formula is C22H18ClF2N5O4. The summed E-state index contributed by atoms with van der Waals surface area (Å²) in [6, 6.07) is 9.65. The number of ether oxygens (including phenoxy) is 1. The summed E-state index contributed by atoms with van der Waals surface area (Å²) in [5.74, 6) is -2.24. The Morgan fingerprint density at radius 3 is 2.59 bits per heavy atom. The number of hydrogen-bond acceptors (Lipinski definition) is 6. The Morgan fingerprint density at radius 2 is 1.88 bits per heavy atom. The zero-order chi connectivity index (χ0) is 24.4. The van der Waals surface area contributed by atoms with Crippen molar-refractivity contribution in [2.75, 3.05) is 13.6 Å². The molecule has 0 atom stereocenters. The van der Waals surface area contributed by atoms with Gasteiger partial charge in [0.1, 0.15) is 31.2 Å². The summed E-state index contributed by atoms with van der Waals surface area (Å²) in [4.78, 5) is 42.3. The summed E-state index contributed by atoms with van der Waals surface area (Å²) in [6.07, 6.45) is 1.12. The minimum absolute atomic E-state index is 0.0500. The Bertz CT molecular complexity index is 1510. The average Bonchev–Trinajstić information content (AvgIpc) is 3.09. The molecule has 0 aliphatic heterocycles. The zero-order valence-corrected chi connectivity index (χ0v) is 18.6. The summed E-state index contributed by atoms with van der Waals surface area (Å²) in [5, 5.41) is 2.33. The van der Waals surface area contributed by atoms with E-state index in [-0.39, 0.29) is 36.3 Å². The Hall–Kier alpha value is -3.83. The number of para-hydroxylation sites is 2. The second-order valence-corrected chi connectivity index (χ2v) is 7.64. The smallest absolute Gasteiger partial charge is 0.337 e. The highest BCUT2D eigenvalue weighted by atomic mass is 35.5. The van der Waals surface area contributed by atoms with Crippen LogP contribution in [0.1, 0.15) is 10.4 Å². The highest BCUT2D eigenvalue weighted by Crippen LogP contribution is 2.19. The van der Waals surface area contributed by atoms with Crippen LogP contribution < -0.4 is 21.3 Å². The molecule has 0 amide bonds. The maximum absolute atomic E-state index is 13.8. The number of fused-ring (bicyclic) bond motifs is 1. The summed E-state index contributed by atoms with van der Waals surface area (Å²) < 4.78 is 35.6. The molecule has 2 heterocycles. The van der Waals surface area contributed by atoms with Crippen LogP contribution in [0.3, 0.4) is 0 Å². The molecule has 1 N–H and O–H groups in total. The van der Waals surface area contributed by atoms with Crippen LogP contribution in [0.5, 0.6) is 5.88 Å². The van der Waals surface area contributed by atoms with E-state index in [1.807, 2.05) is 0 Å². The summed E-state index contributed by atoms with van der Waals surface area (Å²) >= 11 is 6.12. The number of nitrogens with zero attached hydrogens (tertiary/aromatic N) is 4. The molecule has 0 radical (unpaired) electrons. The number of carbonyl (C=O) groups excluding carboxylic acids is 1. The number of hydrogen-bond donors (Lipinski definition) is 1. The molecule has 176 valence electrons. The van der Waals surface area contributed by atoms with Crippen LogP contribution in [0.15, 0.2) is 58.4 Å². The number of likely N-dealkylation sites (N-methyl/N-ethyl adjacent to an activating group) is 1. The summed E-state index contributed by atoms with van der Waals surface area (Å²) in [5.41, 5.74) is -0.463. The average molecular weight is 490 g/mol. The molecule has 2 aromatic heterocycles. The number of aromatic nitrogens is 4. The predicted octanol–water partition coefficient (Wildman–Crippen LogP) is 2.24. The van der Waals surface area contributed by atoms with Gasteiger partial charge in [0.25, 0.3) is 5.56 Å². The van der Waals surface area contributed by atoms with Crippen molar-refractivity contribution >= 4 is 28.5 Å². The predicted molar refractivity (Wildman–Crippen MR) is 120 cm³/mol. The van der Waals surface area contributed by atoms with Crippen LogP contribution in [-0.2, 0) is 13.3 Å². The van der Waals surface area contributed by atoms with Crippen molar-refractivity contribution in [1.82, 2.24) is 24.0 Å². The van der Waals surface area contributed by atoms with Crippen molar-refractivity contribution in [3.63, 3.8) is 0 Å². The van der Waals surface area contributed by atoms with Gasteiger partial charge in [0, 0.05) is 11.6 Å². The molecule has 4 rings (SSSR count). The number of imidazole rings is 1. The third kappa shape index (κ3) is 4.35. The number of halogens is 3. The largest absolute Gasteiger partial charge is 0.471 e. The van der Waals surface area contributed by atoms with Crippen molar-refractivity contribution in [3.05, 3.63) is 91.9 Å². The van der Waals surface area contributed by atoms with Gasteiger partial charge in [-0.1, -0.05) is 23.7 Å². The molecule has 9 nitrogen and oxygen atoms in total. The van der Waals surface area contributed by atoms with Crippen LogP contribution in [-0.4, -0.2) is 38.2 Å². The SMILES string of the molecule is CNCC(=O)n1c(=O)n(Cn2cnc(OCc3ccc(F)cc3F)c(Cl)c2=O)c2ccccc21. The lowest BCUT2D eigenvalue weighted by molar-refractivity contribution is 0.0915. The molecular weight excluding hydrogens is 472 g/mol. The fourth-order valence-electron chi connectivity index (χ4n) is 3.40. The van der Waals surface area contributed by atoms with E-state index in [2.05, 4.69) is 10.3 Å². The van der Waals surface area contributed by atoms with E-state index in [0.29, 0.717) is 17.1 Å². The highest BCUT2D eigenvalue weighted by Gasteiger charge is 2.19. The minimum Gasteiger partial charge on any atom is -0.471 e. The van der Waals surface area contributed by atoms with Gasteiger partial charge in [0.05, 0.1) is 17.6 Å². The third-order valence-electron chi connectivity index (χ3n) is 5.04. The number of benzene rings is 2. The molecule has 0 unspecified atom stereocenters. The molecule has 0 saturated heterocycles. The van der Waals surface area contributed by atoms with Gasteiger partial charge < -0.3 is 10.1 Å². The number of carbonyl (C=O) groups is 1. The first-order chi connectivity index (χ1) is 16.3. The molecule has 12 heteroatoms. The number of nitrogens with one attached hydrogen (secondary N) is 1. The van der Waals surface area contributed by atoms with Crippen molar-refractivity contribution < 1.29 is 18.3 Å². The van der Waals surface area contributed by atoms with Gasteiger partial charge in [-0.25, -0.2) is 23.1 Å². The second-order valence-electron chi connectivity index (χ2n) is 7.26. The summed E-state index contributed by atoms with van der Waals surface area (Å²) in [7, 11) is 1.59. The Morgan fingerprint density at radius 1 is 1.15 bits per heavy atom. The van der Waals surface area contributed by atoms with E-state index in [9.17, 15) is 23.2 Å². The second kappa shape index (κ2) is 9.57. The van der Waals surface area contributed by atoms with E-state index in [4.69, 9.17) is 16.3 Å². The lowest BCUT2D eigenvalue weighted by atomic mass is 10.2. The van der Waals surface area contributed by atoms with Crippen LogP contribution in [0.4, 0.5) is 8.78 Å². The first-order valence-corrected chi connectivity index (χ1v) is 10.4. The topological polar surface area (TPSA) is 100 Å². The van der Waals surface area contributed by atoms with Gasteiger partial charge >= 0.3 is 5.69 Å². The van der Waals surface area contributed by atoms with Crippen molar-refractivity contribution in [1.29, 1.82) is 0 Å². The van der Waals surface area contributed by atoms with Crippen molar-refractivity contribution in [2.24, 2.45) is 0 Å². The zero-order valence-electron chi connectivity index (χ0n) is 17.8. The maximum Gasteiger partial charge on any atom is 0.337 e. The quantitative estimate of drug-likeness (QED) is 0.427. The van der Waals surface area contributed by atoms with E-state index >= 15 is 0 Å². The fourth-order valence-corrected chi connectivity index (χ4v) is 3.62. The molecule has 0 spiro atoms. The van der Waals surface area contributed by atoms with Crippen LogP contribution in [0, 0.1) is 11.6 Å². The van der Waals surface area contributed by atoms with Gasteiger partial charge in [-0.05, 0) is 31.3 Å². The Labute approximate surface area is 195 Å². The lowest BCUT2D eigenvalue weighted by Gasteiger charge is -2.11. The van der Waals surface area contributed by atoms with Crippen LogP contribution in [0.2, 0.25) is 5.02 Å². The van der Waals surface area contributed by atoms with Gasteiger partial charge in [0.15, 0.2) is 5.02 Å². The van der Waals surface area contributed by atoms with Crippen LogP contribution in [0.25, 0.3) is 11.0 Å². The molecule has 34 heavy (non-hydrogen) atoms. The van der Waals surface area contributed by atoms with Crippen molar-refractivity contribution in [2.45, 2.75) is 13.3 Å². The molecule has 4 aromatic rings. The molecule has 0 aliphatic carbocycles. The van der Waals surface area contributed by atoms with E-state index in [1.54, 1.807) is 31.3 Å². The fraction of sp³-hybridized carbons (Fsp3) is 0.182. The molecule has 0 bridgehead atoms. The highest BCUT2D eigenvalue weighted by molar-refractivity contribution is 6.31. The third-order valence-corrected chi connectivity index (χ3v) is 5.36. The first kappa shape index (κ1) is 23.3. The van der Waals surface area contributed by atoms with Crippen LogP contribution >= 0.6 is 11.6 Å². The molecule has 0 saturated carbocycles. The normalized spacial score (nSPS) is 11.2. The molecule has 0 aliphatic rings. The van der Waals surface area contributed by atoms with Gasteiger partial charge in [-0.2, -0.15) is 0 Å². The first-order valence-electron chi connectivity index (χ1n) is 10.0. The Balaban J connectivity index is 1.65. The lowest BCUT2D eigenvalue weighted by Crippen LogP contribution is -2.36. The van der Waals surface area contributed by atoms with E-state index in [0.717, 1.165) is 21.5 Å². The van der Waals surface area contributed by atoms with E-state index < -0.39 is 28.8 Å². The standard InChI is InChI=1S/C22H18ClF2N5O4/c1-26-9-18(31)30-17-5-3-2-4-16(17)29(22(30)33)12-28-11-27-20(19(23)21(28)32)34-10-13-6-7-14(24)8-15(13)25/h2-8,11,26H,9-10,12H2,1H3. The Kier molecular flexibility index (Phi) is 6.57. The van der Waals surface area contributed by atoms with Gasteiger partial charge in [-0.3, -0.25) is 18.7 Å². The molecule has 0 fully saturated rings. The number of rotatable bonds is 7. The van der Waals surface area contributed by atoms with Crippen molar-refractivity contribution in [3.8, 4) is 5.88 Å². The van der Waals surface area contributed by atoms with Gasteiger partial charge in [0.2, 0.25) is 11.8 Å². The summed E-state index contributed by atoms with van der Waals surface area (Å²) in [6.45, 7) is -0.650. The van der Waals surface area contributed by atoms with E-state index in [1.165, 1.54) is 10.6 Å². The monoisotopic (exact) mass is 489 g/mol. The maximum atomic E-state index is 13.8. The minimum atomic E-state index is -0.812.